The number of unbranched alkanes of at least 4 members (excludes halogenated alkanes) is 1. The van der Waals surface area contributed by atoms with E-state index in [4.69, 9.17) is 13.9 Å². The first-order chi connectivity index (χ1) is 21.6. The Morgan fingerprint density at radius 1 is 0.915 bits per heavy atom. The van der Waals surface area contributed by atoms with Gasteiger partial charge in [-0.15, -0.1) is 0 Å². The van der Waals surface area contributed by atoms with Crippen LogP contribution in [-0.4, -0.2) is 34.4 Å². The van der Waals surface area contributed by atoms with Gasteiger partial charge in [-0.3, -0.25) is 0 Å². The molecule has 5 aliphatic rings. The second kappa shape index (κ2) is 12.5. The molecular weight excluding hydrogens is 593 g/mol. The van der Waals surface area contributed by atoms with Crippen LogP contribution < -0.4 is 0 Å². The van der Waals surface area contributed by atoms with E-state index in [1.165, 1.54) is 70.6 Å². The van der Waals surface area contributed by atoms with Crippen molar-refractivity contribution >= 4 is 8.32 Å². The molecule has 0 saturated heterocycles. The Morgan fingerprint density at radius 3 is 2.19 bits per heavy atom. The highest BCUT2D eigenvalue weighted by atomic mass is 28.4. The minimum atomic E-state index is -2.07. The van der Waals surface area contributed by atoms with Gasteiger partial charge in [0.1, 0.15) is 6.79 Å². The molecule has 5 aliphatic carbocycles. The van der Waals surface area contributed by atoms with E-state index in [0.29, 0.717) is 29.5 Å². The standard InChI is InChI=1S/C43H78O3Si/c1-16-17-18-35(45-29-44-13)43-25-23-38(6,7)28-31(43)36-32(46-47(14,15)37(3,4)5)27-34-40(10)21-19-30(2)39(8,9)33(40)20-22-41(34,11)42(36,12)24-26-43/h27,30-33,35-36H,16-26,28-29H2,1-15H3/t30-,31-,32+,33-,35?,36-,40-,41+,42+,43-/m0/s1. The summed E-state index contributed by atoms with van der Waals surface area (Å²) in [5.74, 6) is 2.61. The van der Waals surface area contributed by atoms with Crippen LogP contribution in [-0.2, 0) is 13.9 Å². The van der Waals surface area contributed by atoms with Crippen molar-refractivity contribution in [3.63, 3.8) is 0 Å². The zero-order chi connectivity index (χ0) is 35.1. The molecule has 0 bridgehead atoms. The van der Waals surface area contributed by atoms with Crippen LogP contribution in [0.5, 0.6) is 0 Å². The fraction of sp³-hybridized carbons (Fsp3) is 0.953. The van der Waals surface area contributed by atoms with Gasteiger partial charge in [-0.2, -0.15) is 0 Å². The van der Waals surface area contributed by atoms with Gasteiger partial charge in [-0.1, -0.05) is 108 Å². The molecule has 4 fully saturated rings. The molecule has 0 radical (unpaired) electrons. The summed E-state index contributed by atoms with van der Waals surface area (Å²) in [7, 11) is -0.270. The summed E-state index contributed by atoms with van der Waals surface area (Å²) in [4.78, 5) is 0. The van der Waals surface area contributed by atoms with Crippen molar-refractivity contribution in [2.75, 3.05) is 13.9 Å². The van der Waals surface area contributed by atoms with Gasteiger partial charge in [0.2, 0.25) is 0 Å². The summed E-state index contributed by atoms with van der Waals surface area (Å²) in [5.41, 5.74) is 3.34. The van der Waals surface area contributed by atoms with Crippen LogP contribution in [0.25, 0.3) is 0 Å². The fourth-order valence-corrected chi connectivity index (χ4v) is 14.0. The lowest BCUT2D eigenvalue weighted by atomic mass is 9.33. The summed E-state index contributed by atoms with van der Waals surface area (Å²) in [6.45, 7) is 36.2. The third-order valence-corrected chi connectivity index (χ3v) is 21.7. The first kappa shape index (κ1) is 38.1. The average molecular weight is 671 g/mol. The molecule has 5 rings (SSSR count). The Kier molecular flexibility index (Phi) is 10.1. The van der Waals surface area contributed by atoms with Gasteiger partial charge in [-0.05, 0) is 139 Å². The SMILES string of the molecule is CCCCC(OCOC)[C@]12CCC(C)(C)C[C@H]1[C@H]1[C@H](O[Si](C)(C)C(C)(C)C)C=C3[C@@]4(C)CC[C@H](C)C(C)(C)[C@@H]4CC[C@@]3(C)[C@]1(C)CC2. The Bertz CT molecular complexity index is 1160. The van der Waals surface area contributed by atoms with E-state index in [0.717, 1.165) is 18.3 Å². The van der Waals surface area contributed by atoms with E-state index in [-0.39, 0.29) is 38.9 Å². The summed E-state index contributed by atoms with van der Waals surface area (Å²) < 4.78 is 20.3. The number of rotatable bonds is 9. The Hall–Kier alpha value is -0.163. The number of hydrogen-bond donors (Lipinski definition) is 0. The molecule has 4 heteroatoms. The molecule has 47 heavy (non-hydrogen) atoms. The van der Waals surface area contributed by atoms with E-state index in [2.05, 4.69) is 102 Å². The number of methoxy groups -OCH3 is 1. The van der Waals surface area contributed by atoms with Gasteiger partial charge in [0.05, 0.1) is 12.2 Å². The van der Waals surface area contributed by atoms with E-state index >= 15 is 0 Å². The molecule has 3 nitrogen and oxygen atoms in total. The summed E-state index contributed by atoms with van der Waals surface area (Å²) in [6, 6.07) is 0. The van der Waals surface area contributed by atoms with Gasteiger partial charge in [0.25, 0.3) is 0 Å². The quantitative estimate of drug-likeness (QED) is 0.139. The van der Waals surface area contributed by atoms with Crippen LogP contribution in [0, 0.1) is 56.2 Å². The molecule has 0 spiro atoms. The van der Waals surface area contributed by atoms with Crippen molar-refractivity contribution in [2.24, 2.45) is 56.2 Å². The van der Waals surface area contributed by atoms with Crippen LogP contribution in [0.4, 0.5) is 0 Å². The maximum atomic E-state index is 7.87. The number of fused-ring (bicyclic) bond motifs is 7. The fourth-order valence-electron chi connectivity index (χ4n) is 12.7. The minimum absolute atomic E-state index is 0.173. The molecule has 0 aliphatic heterocycles. The third kappa shape index (κ3) is 5.93. The van der Waals surface area contributed by atoms with Crippen molar-refractivity contribution in [2.45, 2.75) is 190 Å². The predicted octanol–water partition coefficient (Wildman–Crippen LogP) is 12.6. The molecule has 4 saturated carbocycles. The summed E-state index contributed by atoms with van der Waals surface area (Å²) >= 11 is 0. The van der Waals surface area contributed by atoms with E-state index < -0.39 is 8.32 Å². The van der Waals surface area contributed by atoms with Crippen molar-refractivity contribution < 1.29 is 13.9 Å². The lowest BCUT2D eigenvalue weighted by Crippen LogP contribution is -2.68. The van der Waals surface area contributed by atoms with Crippen LogP contribution in [0.3, 0.4) is 0 Å². The highest BCUT2D eigenvalue weighted by molar-refractivity contribution is 6.74. The molecule has 0 heterocycles. The topological polar surface area (TPSA) is 27.7 Å². The van der Waals surface area contributed by atoms with Crippen molar-refractivity contribution in [1.82, 2.24) is 0 Å². The minimum Gasteiger partial charge on any atom is -0.410 e. The maximum Gasteiger partial charge on any atom is 0.192 e. The smallest absolute Gasteiger partial charge is 0.192 e. The number of ether oxygens (including phenoxy) is 2. The van der Waals surface area contributed by atoms with Crippen LogP contribution in [0.2, 0.25) is 18.1 Å². The molecule has 0 N–H and O–H groups in total. The summed E-state index contributed by atoms with van der Waals surface area (Å²) in [6.07, 6.45) is 18.7. The Balaban J connectivity index is 1.72. The van der Waals surface area contributed by atoms with Gasteiger partial charge in [0, 0.05) is 7.11 Å². The number of allylic oxidation sites excluding steroid dienone is 1. The summed E-state index contributed by atoms with van der Waals surface area (Å²) in [5, 5.41) is 0.173. The maximum absolute atomic E-state index is 7.87. The van der Waals surface area contributed by atoms with E-state index in [9.17, 15) is 0 Å². The highest BCUT2D eigenvalue weighted by Crippen LogP contribution is 2.77. The molecule has 0 amide bonds. The first-order valence-corrected chi connectivity index (χ1v) is 23.0. The molecule has 0 aromatic rings. The molecule has 0 aromatic carbocycles. The molecular formula is C43H78O3Si. The number of hydrogen-bond acceptors (Lipinski definition) is 3. The monoisotopic (exact) mass is 671 g/mol. The highest BCUT2D eigenvalue weighted by Gasteiger charge is 2.71. The molecule has 0 aromatic heterocycles. The van der Waals surface area contributed by atoms with Crippen LogP contribution in [0.15, 0.2) is 11.6 Å². The van der Waals surface area contributed by atoms with E-state index in [1.807, 2.05) is 5.57 Å². The molecule has 272 valence electrons. The van der Waals surface area contributed by atoms with E-state index in [1.54, 1.807) is 7.11 Å². The largest absolute Gasteiger partial charge is 0.410 e. The first-order valence-electron chi connectivity index (χ1n) is 20.1. The predicted molar refractivity (Wildman–Crippen MR) is 202 cm³/mol. The van der Waals surface area contributed by atoms with Crippen molar-refractivity contribution in [3.8, 4) is 0 Å². The zero-order valence-corrected chi connectivity index (χ0v) is 35.0. The second-order valence-corrected chi connectivity index (χ2v) is 26.1. The second-order valence-electron chi connectivity index (χ2n) is 21.4. The lowest BCUT2D eigenvalue weighted by molar-refractivity contribution is -0.232. The van der Waals surface area contributed by atoms with Gasteiger partial charge >= 0.3 is 0 Å². The lowest BCUT2D eigenvalue weighted by Gasteiger charge is -2.73. The zero-order valence-electron chi connectivity index (χ0n) is 34.0. The van der Waals surface area contributed by atoms with Crippen LogP contribution in [0.1, 0.15) is 160 Å². The van der Waals surface area contributed by atoms with Crippen molar-refractivity contribution in [3.05, 3.63) is 11.6 Å². The Morgan fingerprint density at radius 2 is 1.57 bits per heavy atom. The normalized spacial score (nSPS) is 43.6. The Labute approximate surface area is 293 Å². The molecule has 1 unspecified atom stereocenters. The van der Waals surface area contributed by atoms with Crippen molar-refractivity contribution in [1.29, 1.82) is 0 Å². The van der Waals surface area contributed by atoms with Crippen LogP contribution >= 0.6 is 0 Å². The average Bonchev–Trinajstić information content (AvgIpc) is 2.95. The van der Waals surface area contributed by atoms with Gasteiger partial charge in [-0.25, -0.2) is 0 Å². The van der Waals surface area contributed by atoms with Gasteiger partial charge in [0.15, 0.2) is 8.32 Å². The molecule has 10 atom stereocenters. The van der Waals surface area contributed by atoms with Gasteiger partial charge < -0.3 is 13.9 Å². The third-order valence-electron chi connectivity index (χ3n) is 17.3.